The van der Waals surface area contributed by atoms with Crippen molar-refractivity contribution in [2.75, 3.05) is 0 Å². The van der Waals surface area contributed by atoms with E-state index < -0.39 is 21.3 Å². The van der Waals surface area contributed by atoms with Crippen LogP contribution in [0.15, 0.2) is 130 Å². The largest absolute Gasteiger partial charge is 1.00 e. The van der Waals surface area contributed by atoms with E-state index in [1.807, 2.05) is 0 Å². The summed E-state index contributed by atoms with van der Waals surface area (Å²) in [5, 5.41) is 0. The third kappa shape index (κ3) is 5.03. The van der Waals surface area contributed by atoms with Crippen molar-refractivity contribution < 1.29 is 46.1 Å². The van der Waals surface area contributed by atoms with Gasteiger partial charge in [-0.2, -0.15) is 0 Å². The zero-order valence-electron chi connectivity index (χ0n) is 25.0. The first-order chi connectivity index (χ1) is 20.8. The summed E-state index contributed by atoms with van der Waals surface area (Å²) in [5.74, 6) is 4.76. The summed E-state index contributed by atoms with van der Waals surface area (Å²) in [6, 6.07) is 41.6. The van der Waals surface area contributed by atoms with Gasteiger partial charge in [-0.3, -0.25) is 0 Å². The van der Waals surface area contributed by atoms with Gasteiger partial charge in [-0.05, 0) is 0 Å². The molecular formula is C41H38Cl2Zr. The van der Waals surface area contributed by atoms with Gasteiger partial charge in [0.25, 0.3) is 0 Å². The summed E-state index contributed by atoms with van der Waals surface area (Å²) in [4.78, 5) is 0. The smallest absolute Gasteiger partial charge is 1.00 e. The van der Waals surface area contributed by atoms with Gasteiger partial charge in [0.2, 0.25) is 0 Å². The first-order valence-electron chi connectivity index (χ1n) is 16.3. The van der Waals surface area contributed by atoms with Gasteiger partial charge in [0.1, 0.15) is 0 Å². The van der Waals surface area contributed by atoms with Crippen LogP contribution >= 0.6 is 0 Å². The predicted molar refractivity (Wildman–Crippen MR) is 171 cm³/mol. The molecule has 0 N–H and O–H groups in total. The van der Waals surface area contributed by atoms with E-state index in [0.29, 0.717) is 3.63 Å². The average Bonchev–Trinajstić information content (AvgIpc) is 3.64. The molecule has 4 aromatic carbocycles. The molecule has 4 fully saturated rings. The van der Waals surface area contributed by atoms with Gasteiger partial charge in [-0.15, -0.1) is 0 Å². The van der Waals surface area contributed by atoms with Gasteiger partial charge >= 0.3 is 260 Å². The number of halogens is 2. The van der Waals surface area contributed by atoms with Crippen LogP contribution in [0.1, 0.15) is 64.4 Å². The molecule has 0 atom stereocenters. The minimum absolute atomic E-state index is 0. The second-order valence-electron chi connectivity index (χ2n) is 13.7. The van der Waals surface area contributed by atoms with Gasteiger partial charge in [0, 0.05) is 0 Å². The van der Waals surface area contributed by atoms with Crippen molar-refractivity contribution >= 4 is 3.21 Å². The molecule has 0 unspecified atom stereocenters. The molecule has 0 amide bonds. The number of hydrogen-bond acceptors (Lipinski definition) is 0. The molecule has 4 aromatic rings. The van der Waals surface area contributed by atoms with Gasteiger partial charge < -0.3 is 24.8 Å². The van der Waals surface area contributed by atoms with Crippen LogP contribution in [-0.4, -0.2) is 3.21 Å². The third-order valence-electron chi connectivity index (χ3n) is 11.4. The van der Waals surface area contributed by atoms with Gasteiger partial charge in [0.05, 0.1) is 0 Å². The van der Waals surface area contributed by atoms with Crippen molar-refractivity contribution in [3.05, 3.63) is 152 Å². The van der Waals surface area contributed by atoms with E-state index in [1.54, 1.807) is 23.2 Å². The Morgan fingerprint density at radius 2 is 1.02 bits per heavy atom. The fourth-order valence-electron chi connectivity index (χ4n) is 10.1. The normalized spacial score (nSPS) is 25.5. The van der Waals surface area contributed by atoms with Gasteiger partial charge in [-0.1, -0.05) is 0 Å². The van der Waals surface area contributed by atoms with E-state index in [1.165, 1.54) is 54.4 Å². The molecule has 0 heterocycles. The Bertz CT molecular complexity index is 1650. The predicted octanol–water partition coefficient (Wildman–Crippen LogP) is 3.94. The third-order valence-corrected chi connectivity index (χ3v) is 19.6. The quantitative estimate of drug-likeness (QED) is 0.298. The van der Waals surface area contributed by atoms with Crippen LogP contribution in [0.3, 0.4) is 0 Å². The molecule has 0 nitrogen and oxygen atoms in total. The van der Waals surface area contributed by atoms with E-state index >= 15 is 0 Å². The first-order valence-corrected chi connectivity index (χ1v) is 20.1. The molecule has 6 aliphatic carbocycles. The molecule has 0 aromatic heterocycles. The van der Waals surface area contributed by atoms with Crippen molar-refractivity contribution in [2.24, 2.45) is 29.6 Å². The maximum Gasteiger partial charge on any atom is -1.00 e. The van der Waals surface area contributed by atoms with Crippen molar-refractivity contribution in [1.82, 2.24) is 0 Å². The van der Waals surface area contributed by atoms with Crippen molar-refractivity contribution in [2.45, 2.75) is 42.2 Å². The van der Waals surface area contributed by atoms with E-state index in [-0.39, 0.29) is 24.8 Å². The number of benzene rings is 4. The number of hydrogen-bond donors (Lipinski definition) is 0. The summed E-state index contributed by atoms with van der Waals surface area (Å²) >= 11 is -2.64. The molecule has 6 aliphatic rings. The zero-order valence-corrected chi connectivity index (χ0v) is 29.0. The molecule has 0 spiro atoms. The topological polar surface area (TPSA) is 0 Å². The van der Waals surface area contributed by atoms with E-state index in [2.05, 4.69) is 121 Å². The van der Waals surface area contributed by atoms with Crippen LogP contribution in [-0.2, 0) is 21.3 Å². The number of allylic oxidation sites excluding steroid dienone is 4. The Labute approximate surface area is 282 Å². The molecule has 220 valence electrons. The molecule has 4 bridgehead atoms. The van der Waals surface area contributed by atoms with Crippen LogP contribution in [0.25, 0.3) is 11.1 Å². The maximum atomic E-state index is 2.80. The van der Waals surface area contributed by atoms with Crippen LogP contribution in [0.2, 0.25) is 0 Å². The Morgan fingerprint density at radius 1 is 0.545 bits per heavy atom. The first kappa shape index (κ1) is 30.4. The average molecular weight is 693 g/mol. The summed E-state index contributed by atoms with van der Waals surface area (Å²) < 4.78 is 3.97. The van der Waals surface area contributed by atoms with Crippen LogP contribution in [0, 0.1) is 29.6 Å². The van der Waals surface area contributed by atoms with Crippen LogP contribution in [0.4, 0.5) is 0 Å². The van der Waals surface area contributed by atoms with Crippen LogP contribution < -0.4 is 24.8 Å². The van der Waals surface area contributed by atoms with Crippen LogP contribution in [0.5, 0.6) is 0 Å². The molecule has 3 heteroatoms. The molecule has 10 rings (SSSR count). The number of rotatable bonds is 5. The fourth-order valence-corrected chi connectivity index (χ4v) is 19.2. The fraction of sp³-hybridized carbons (Fsp3) is 0.293. The van der Waals surface area contributed by atoms with E-state index in [9.17, 15) is 0 Å². The Kier molecular flexibility index (Phi) is 8.60. The Balaban J connectivity index is 0.00000156. The maximum absolute atomic E-state index is 2.80. The second-order valence-corrected chi connectivity index (χ2v) is 19.9. The van der Waals surface area contributed by atoms with Gasteiger partial charge in [-0.25, -0.2) is 0 Å². The minimum atomic E-state index is -2.64. The summed E-state index contributed by atoms with van der Waals surface area (Å²) in [6.07, 6.45) is 14.2. The standard InChI is InChI=1S/C15H19.C13H9.C13H10.2ClH.Zr/c1-2-4-12(3-1)15-13-6-10-5-11(8-13)9-14(15)7-10;1-3-7-12-10(5-1)9-11-6-2-4-8-13(11)12;1-3-7-12(8-4-1)11-13-9-5-2-6-10-13;;;/h3-4,10-11,13-15H,1,5-9H2;1-9H;1-10H;2*1H;/q;;;;;+2/p-2. The monoisotopic (exact) mass is 690 g/mol. The molecule has 4 saturated carbocycles. The zero-order chi connectivity index (χ0) is 27.6. The molecular weight excluding hydrogens is 655 g/mol. The number of fused-ring (bicyclic) bond motifs is 3. The van der Waals surface area contributed by atoms with E-state index in [0.717, 1.165) is 36.0 Å². The van der Waals surface area contributed by atoms with Gasteiger partial charge in [0.15, 0.2) is 0 Å². The van der Waals surface area contributed by atoms with Crippen molar-refractivity contribution in [3.63, 3.8) is 0 Å². The minimum Gasteiger partial charge on any atom is -1.00 e. The second kappa shape index (κ2) is 12.5. The van der Waals surface area contributed by atoms with Crippen molar-refractivity contribution in [3.8, 4) is 11.1 Å². The summed E-state index contributed by atoms with van der Waals surface area (Å²) in [7, 11) is 0. The molecule has 44 heavy (non-hydrogen) atoms. The van der Waals surface area contributed by atoms with E-state index in [4.69, 9.17) is 0 Å². The van der Waals surface area contributed by atoms with Crippen molar-refractivity contribution in [1.29, 1.82) is 0 Å². The summed E-state index contributed by atoms with van der Waals surface area (Å²) in [6.45, 7) is 0. The SMILES string of the molecule is C1=C(C2C3CC4CC(C3)CC2C4)C=[C]([Zr+2](=[C](c2ccccc2)c2ccccc2)[CH]2c3ccccc3-c3ccccc32)C1.[Cl-].[Cl-]. The molecule has 0 radical (unpaired) electrons. The molecule has 0 saturated heterocycles. The Hall–Kier alpha value is -2.31. The molecule has 0 aliphatic heterocycles. The summed E-state index contributed by atoms with van der Waals surface area (Å²) in [5.41, 5.74) is 10.7. The Morgan fingerprint density at radius 3 is 1.55 bits per heavy atom.